The fourth-order valence-corrected chi connectivity index (χ4v) is 11.8. The maximum absolute atomic E-state index is 6.58. The van der Waals surface area contributed by atoms with Crippen molar-refractivity contribution >= 4 is 56.6 Å². The van der Waals surface area contributed by atoms with E-state index in [1.54, 1.807) is 0 Å². The summed E-state index contributed by atoms with van der Waals surface area (Å²) in [5, 5.41) is 2.25. The van der Waals surface area contributed by atoms with Crippen molar-refractivity contribution in [2.24, 2.45) is 5.41 Å². The third kappa shape index (κ3) is 5.23. The smallest absolute Gasteiger partial charge is 0.136 e. The summed E-state index contributed by atoms with van der Waals surface area (Å²) in [6, 6.07) is 66.8. The molecule has 2 nitrogen and oxygen atoms in total. The number of rotatable bonds is 6. The fraction of sp³-hybridized carbons (Fsp3) is 0.0476. The summed E-state index contributed by atoms with van der Waals surface area (Å²) in [7, 11) is 0. The number of hydrogen-bond donors (Lipinski definition) is 0. The van der Waals surface area contributed by atoms with Crippen molar-refractivity contribution in [2.45, 2.75) is 12.8 Å². The number of furan rings is 1. The van der Waals surface area contributed by atoms with Gasteiger partial charge in [-0.15, -0.1) is 0 Å². The monoisotopic (exact) mass is 827 g/mol. The molecule has 0 amide bonds. The van der Waals surface area contributed by atoms with Gasteiger partial charge in [0, 0.05) is 28.5 Å². The molecule has 0 N–H and O–H groups in total. The summed E-state index contributed by atoms with van der Waals surface area (Å²) in [5.41, 5.74) is 25.2. The van der Waals surface area contributed by atoms with E-state index in [-0.39, 0.29) is 0 Å². The number of fused-ring (bicyclic) bond motifs is 14. The summed E-state index contributed by atoms with van der Waals surface area (Å²) < 4.78 is 6.58. The van der Waals surface area contributed by atoms with Gasteiger partial charge < -0.3 is 9.32 Å². The van der Waals surface area contributed by atoms with E-state index < -0.39 is 5.41 Å². The predicted molar refractivity (Wildman–Crippen MR) is 270 cm³/mol. The van der Waals surface area contributed by atoms with Gasteiger partial charge in [0.25, 0.3) is 0 Å². The van der Waals surface area contributed by atoms with Crippen LogP contribution >= 0.6 is 0 Å². The standard InChI is InChI=1S/C63H41NO/c1-2-16-40(17-3-1)36-44-31-32-48-45-21-7-4-18-41(45)37-54(48)62(44)64(57-28-12-10-24-51(57)52-26-14-30-59-61(52)53-25-11-13-29-58(53)65-59)60-34-33-50-47-23-9-6-20-43(47)39-56(50)63(60)35-15-27-49-46-22-8-5-19-42(46)38-55(49)63/h1-35,38-39H,36-37H2. The summed E-state index contributed by atoms with van der Waals surface area (Å²) >= 11 is 0. The van der Waals surface area contributed by atoms with Gasteiger partial charge in [-0.1, -0.05) is 188 Å². The van der Waals surface area contributed by atoms with Crippen LogP contribution in [-0.2, 0) is 12.8 Å². The first-order valence-corrected chi connectivity index (χ1v) is 22.8. The fourth-order valence-electron chi connectivity index (χ4n) is 11.8. The van der Waals surface area contributed by atoms with E-state index in [1.165, 1.54) is 89.3 Å². The molecule has 1 aromatic heterocycles. The molecule has 1 heterocycles. The third-order valence-corrected chi connectivity index (χ3v) is 14.5. The highest BCUT2D eigenvalue weighted by atomic mass is 16.3. The molecule has 65 heavy (non-hydrogen) atoms. The molecular formula is C63H41NO. The van der Waals surface area contributed by atoms with Crippen LogP contribution in [0.1, 0.15) is 44.5 Å². The molecule has 1 spiro atoms. The topological polar surface area (TPSA) is 16.4 Å². The van der Waals surface area contributed by atoms with Crippen LogP contribution < -0.4 is 4.90 Å². The SMILES string of the molecule is C1=CC2(C3=Cc4ccccc4C3=C1)C1=Cc3ccccc3C1=CC=C2N(c1ccccc1-c1cccc2oc3ccccc3c12)c1c(Cc2ccccc2)ccc2c1Cc1ccccc1-2. The van der Waals surface area contributed by atoms with Gasteiger partial charge in [-0.05, 0) is 126 Å². The molecule has 9 aromatic rings. The average Bonchev–Trinajstić information content (AvgIpc) is 4.14. The van der Waals surface area contributed by atoms with Gasteiger partial charge in [0.05, 0.1) is 16.8 Å². The average molecular weight is 828 g/mol. The molecule has 5 aliphatic rings. The molecule has 1 atom stereocenters. The van der Waals surface area contributed by atoms with Crippen molar-refractivity contribution in [1.82, 2.24) is 0 Å². The van der Waals surface area contributed by atoms with Crippen LogP contribution in [0.3, 0.4) is 0 Å². The summed E-state index contributed by atoms with van der Waals surface area (Å²) in [5.74, 6) is 0. The molecule has 0 saturated carbocycles. The normalized spacial score (nSPS) is 17.1. The lowest BCUT2D eigenvalue weighted by molar-refractivity contribution is 0.669. The zero-order valence-corrected chi connectivity index (χ0v) is 35.6. The Bertz CT molecular complexity index is 3690. The Balaban J connectivity index is 1.11. The summed E-state index contributed by atoms with van der Waals surface area (Å²) in [6.45, 7) is 0. The van der Waals surface area contributed by atoms with Gasteiger partial charge in [0.1, 0.15) is 11.2 Å². The Morgan fingerprint density at radius 2 is 1.14 bits per heavy atom. The Morgan fingerprint density at radius 3 is 1.95 bits per heavy atom. The van der Waals surface area contributed by atoms with Gasteiger partial charge in [-0.3, -0.25) is 0 Å². The van der Waals surface area contributed by atoms with Crippen molar-refractivity contribution in [3.05, 3.63) is 274 Å². The van der Waals surface area contributed by atoms with Crippen molar-refractivity contribution in [1.29, 1.82) is 0 Å². The van der Waals surface area contributed by atoms with Crippen molar-refractivity contribution in [3.8, 4) is 22.3 Å². The number of benzene rings is 8. The number of allylic oxidation sites excluding steroid dienone is 7. The second-order valence-electron chi connectivity index (χ2n) is 17.9. The van der Waals surface area contributed by atoms with Crippen LogP contribution in [0, 0.1) is 5.41 Å². The highest BCUT2D eigenvalue weighted by Crippen LogP contribution is 2.64. The second kappa shape index (κ2) is 13.9. The molecule has 1 unspecified atom stereocenters. The van der Waals surface area contributed by atoms with E-state index in [0.717, 1.165) is 51.6 Å². The number of hydrogen-bond acceptors (Lipinski definition) is 2. The molecule has 304 valence electrons. The Labute approximate surface area is 378 Å². The highest BCUT2D eigenvalue weighted by molar-refractivity contribution is 6.14. The van der Waals surface area contributed by atoms with E-state index in [2.05, 4.69) is 229 Å². The Hall–Kier alpha value is -8.20. The van der Waals surface area contributed by atoms with Gasteiger partial charge in [0.15, 0.2) is 0 Å². The lowest BCUT2D eigenvalue weighted by Crippen LogP contribution is -2.38. The van der Waals surface area contributed by atoms with E-state index >= 15 is 0 Å². The maximum Gasteiger partial charge on any atom is 0.136 e. The van der Waals surface area contributed by atoms with Crippen molar-refractivity contribution in [3.63, 3.8) is 0 Å². The predicted octanol–water partition coefficient (Wildman–Crippen LogP) is 16.0. The zero-order chi connectivity index (χ0) is 42.6. The van der Waals surface area contributed by atoms with Crippen molar-refractivity contribution in [2.75, 3.05) is 4.90 Å². The van der Waals surface area contributed by atoms with Crippen molar-refractivity contribution < 1.29 is 4.42 Å². The van der Waals surface area contributed by atoms with Crippen LogP contribution in [0.4, 0.5) is 11.4 Å². The van der Waals surface area contributed by atoms with Gasteiger partial charge in [0.2, 0.25) is 0 Å². The quantitative estimate of drug-likeness (QED) is 0.166. The molecular weight excluding hydrogens is 787 g/mol. The minimum atomic E-state index is -0.661. The molecule has 0 aliphatic heterocycles. The van der Waals surface area contributed by atoms with Crippen LogP contribution in [0.25, 0.3) is 67.5 Å². The molecule has 0 bridgehead atoms. The van der Waals surface area contributed by atoms with E-state index in [0.29, 0.717) is 0 Å². The van der Waals surface area contributed by atoms with Gasteiger partial charge in [-0.2, -0.15) is 0 Å². The highest BCUT2D eigenvalue weighted by Gasteiger charge is 2.51. The largest absolute Gasteiger partial charge is 0.456 e. The van der Waals surface area contributed by atoms with Gasteiger partial charge in [-0.25, -0.2) is 0 Å². The first-order chi connectivity index (χ1) is 32.2. The number of anilines is 2. The first-order valence-electron chi connectivity index (χ1n) is 22.8. The molecule has 5 aliphatic carbocycles. The summed E-state index contributed by atoms with van der Waals surface area (Å²) in [4.78, 5) is 2.70. The minimum absolute atomic E-state index is 0.661. The number of nitrogens with zero attached hydrogens (tertiary/aromatic N) is 1. The second-order valence-corrected chi connectivity index (χ2v) is 17.9. The Kier molecular flexibility index (Phi) is 7.76. The van der Waals surface area contributed by atoms with E-state index in [4.69, 9.17) is 4.42 Å². The lowest BCUT2D eigenvalue weighted by Gasteiger charge is -2.47. The summed E-state index contributed by atoms with van der Waals surface area (Å²) in [6.07, 6.45) is 18.6. The van der Waals surface area contributed by atoms with E-state index in [9.17, 15) is 0 Å². The molecule has 0 radical (unpaired) electrons. The molecule has 14 rings (SSSR count). The maximum atomic E-state index is 6.58. The van der Waals surface area contributed by atoms with E-state index in [1.807, 2.05) is 0 Å². The molecule has 0 fully saturated rings. The zero-order valence-electron chi connectivity index (χ0n) is 35.6. The van der Waals surface area contributed by atoms with Crippen LogP contribution in [0.5, 0.6) is 0 Å². The first kappa shape index (κ1) is 36.3. The molecule has 8 aromatic carbocycles. The third-order valence-electron chi connectivity index (χ3n) is 14.5. The Morgan fingerprint density at radius 1 is 0.492 bits per heavy atom. The van der Waals surface area contributed by atoms with Gasteiger partial charge >= 0.3 is 0 Å². The number of para-hydroxylation sites is 2. The molecule has 2 heteroatoms. The molecule has 0 saturated heterocycles. The van der Waals surface area contributed by atoms with Crippen LogP contribution in [0.2, 0.25) is 0 Å². The van der Waals surface area contributed by atoms with Crippen LogP contribution in [0.15, 0.2) is 234 Å². The lowest BCUT2D eigenvalue weighted by atomic mass is 9.63. The minimum Gasteiger partial charge on any atom is -0.456 e. The van der Waals surface area contributed by atoms with Crippen LogP contribution in [-0.4, -0.2) is 0 Å².